The molecule has 2 aromatic heterocycles. The van der Waals surface area contributed by atoms with E-state index in [2.05, 4.69) is 60.0 Å². The van der Waals surface area contributed by atoms with Crippen LogP contribution in [-0.4, -0.2) is 32.2 Å². The van der Waals surface area contributed by atoms with E-state index in [1.807, 2.05) is 52.0 Å². The zero-order chi connectivity index (χ0) is 50.5. The van der Waals surface area contributed by atoms with Crippen LogP contribution in [0.2, 0.25) is 10.0 Å². The van der Waals surface area contributed by atoms with Crippen molar-refractivity contribution >= 4 is 29.2 Å². The minimum atomic E-state index is -0.852. The van der Waals surface area contributed by atoms with Gasteiger partial charge in [-0.25, -0.2) is 0 Å². The van der Waals surface area contributed by atoms with E-state index in [-0.39, 0.29) is 50.1 Å². The summed E-state index contributed by atoms with van der Waals surface area (Å²) in [4.78, 5) is 20.3. The van der Waals surface area contributed by atoms with Gasteiger partial charge in [-0.2, -0.15) is 10.5 Å². The summed E-state index contributed by atoms with van der Waals surface area (Å²) >= 11 is 13.8. The van der Waals surface area contributed by atoms with Crippen LogP contribution < -0.4 is 24.3 Å². The number of hydrogen-bond donors (Lipinski definition) is 3. The van der Waals surface area contributed by atoms with Crippen molar-refractivity contribution in [2.45, 2.75) is 93.4 Å². The lowest BCUT2D eigenvalue weighted by atomic mass is 9.89. The van der Waals surface area contributed by atoms with Gasteiger partial charge >= 0.3 is 5.97 Å². The molecule has 2 heterocycles. The highest BCUT2D eigenvalue weighted by molar-refractivity contribution is 6.32. The van der Waals surface area contributed by atoms with Gasteiger partial charge in [0.05, 0.1) is 33.1 Å². The van der Waals surface area contributed by atoms with E-state index >= 15 is 0 Å². The van der Waals surface area contributed by atoms with Gasteiger partial charge in [0.2, 0.25) is 0 Å². The average molecular weight is 983 g/mol. The van der Waals surface area contributed by atoms with Gasteiger partial charge in [0.25, 0.3) is 0 Å². The highest BCUT2D eigenvalue weighted by Crippen LogP contribution is 2.38. The van der Waals surface area contributed by atoms with E-state index in [0.717, 1.165) is 50.1 Å². The van der Waals surface area contributed by atoms with E-state index in [4.69, 9.17) is 42.1 Å². The first-order valence-electron chi connectivity index (χ1n) is 22.9. The lowest BCUT2D eigenvalue weighted by Crippen LogP contribution is -2.35. The number of aryl methyl sites for hydroxylation is 1. The van der Waals surface area contributed by atoms with Crippen LogP contribution >= 0.6 is 23.2 Å². The number of carboxylic acid groups (broad SMARTS) is 1. The Labute approximate surface area is 420 Å². The van der Waals surface area contributed by atoms with Crippen LogP contribution in [0.25, 0.3) is 11.1 Å². The van der Waals surface area contributed by atoms with Gasteiger partial charge in [0, 0.05) is 60.2 Å². The molecule has 3 N–H and O–H groups in total. The summed E-state index contributed by atoms with van der Waals surface area (Å²) in [5, 5.41) is 43.0. The van der Waals surface area contributed by atoms with Gasteiger partial charge < -0.3 is 34.5 Å². The van der Waals surface area contributed by atoms with Gasteiger partial charge in [-0.3, -0.25) is 14.8 Å². The largest absolute Gasteiger partial charge is 0.511 e. The number of hydrogen-bond acceptors (Lipinski definition) is 11. The lowest BCUT2D eigenvalue weighted by molar-refractivity contribution is -0.143. The third-order valence-electron chi connectivity index (χ3n) is 12.2. The number of benzene rings is 4. The number of halogens is 2. The topological polar surface area (TPSA) is 180 Å². The van der Waals surface area contributed by atoms with Crippen LogP contribution in [0.5, 0.6) is 23.0 Å². The number of carboxylic acids is 1. The molecule has 6 rings (SSSR count). The fourth-order valence-corrected chi connectivity index (χ4v) is 8.62. The number of ether oxygens (including phenoxy) is 4. The number of rotatable bonds is 23. The summed E-state index contributed by atoms with van der Waals surface area (Å²) in [5.41, 5.74) is 9.69. The predicted molar refractivity (Wildman–Crippen MR) is 271 cm³/mol. The van der Waals surface area contributed by atoms with Crippen molar-refractivity contribution in [1.82, 2.24) is 15.3 Å². The molecule has 362 valence electrons. The molecule has 0 spiro atoms. The Morgan fingerprint density at radius 1 is 0.657 bits per heavy atom. The summed E-state index contributed by atoms with van der Waals surface area (Å²) in [6.45, 7) is 16.6. The molecular weight excluding hydrogens is 926 g/mol. The SMILES string of the molecule is C=C(O)C(NCc1cc(Cl)c(OCc2cccc(-c3cccc(COc4cc(OCc5cncc(C#N)c5)c(CCC(C(=O)O)C(C)C)cc4Cl)c3C)c2C)cc1OCc1cncc(C#N)c1)C(C)C. The Morgan fingerprint density at radius 2 is 1.13 bits per heavy atom. The zero-order valence-corrected chi connectivity index (χ0v) is 41.7. The van der Waals surface area contributed by atoms with Crippen molar-refractivity contribution in [3.63, 3.8) is 0 Å². The summed E-state index contributed by atoms with van der Waals surface area (Å²) in [6.07, 6.45) is 7.06. The summed E-state index contributed by atoms with van der Waals surface area (Å²) in [6, 6.07) is 26.5. The summed E-state index contributed by atoms with van der Waals surface area (Å²) in [5.74, 6) is 0.475. The number of aromatic nitrogens is 2. The number of nitriles is 2. The molecule has 0 saturated carbocycles. The average Bonchev–Trinajstić information content (AvgIpc) is 3.33. The number of aliphatic hydroxyl groups is 1. The van der Waals surface area contributed by atoms with E-state index in [1.165, 1.54) is 12.4 Å². The maximum absolute atomic E-state index is 12.0. The van der Waals surface area contributed by atoms with Gasteiger partial charge in [-0.05, 0) is 102 Å². The fourth-order valence-electron chi connectivity index (χ4n) is 8.14. The molecule has 0 amide bonds. The molecule has 0 saturated heterocycles. The molecule has 70 heavy (non-hydrogen) atoms. The molecule has 0 aliphatic rings. The fraction of sp³-hybridized carbons (Fsp3) is 0.304. The van der Waals surface area contributed by atoms with Crippen molar-refractivity contribution in [2.75, 3.05) is 0 Å². The second-order valence-corrected chi connectivity index (χ2v) is 18.6. The number of nitrogens with zero attached hydrogens (tertiary/aromatic N) is 4. The van der Waals surface area contributed by atoms with E-state index in [0.29, 0.717) is 69.1 Å². The first kappa shape index (κ1) is 52.3. The standard InChI is InChI=1S/C56H57Cl2N5O7/c1-33(2)46(56(65)66)15-14-42-18-49(57)53(20-51(42)67-29-40-16-38(22-59)24-61-26-40)69-31-43-10-8-12-47(35(43)5)48-13-9-11-44(36(48)6)32-70-54-21-52(68-30-41-17-39(23-60)25-62-27-41)45(19-50(54)58)28-63-55(34(3)4)37(7)64/h8-13,16-21,24-27,33-34,46,55,63-64H,7,14-15,28-32H2,1-6H3,(H,65,66). The molecule has 2 atom stereocenters. The van der Waals surface area contributed by atoms with Gasteiger partial charge in [-0.15, -0.1) is 0 Å². The highest BCUT2D eigenvalue weighted by Gasteiger charge is 2.24. The summed E-state index contributed by atoms with van der Waals surface area (Å²) in [7, 11) is 0. The summed E-state index contributed by atoms with van der Waals surface area (Å²) < 4.78 is 25.5. The molecule has 0 aliphatic carbocycles. The Balaban J connectivity index is 1.21. The Kier molecular flexibility index (Phi) is 18.3. The van der Waals surface area contributed by atoms with Crippen LogP contribution in [0.3, 0.4) is 0 Å². The monoisotopic (exact) mass is 981 g/mol. The van der Waals surface area contributed by atoms with Crippen LogP contribution in [-0.2, 0) is 44.2 Å². The minimum absolute atomic E-state index is 0.0335. The van der Waals surface area contributed by atoms with Crippen molar-refractivity contribution in [3.8, 4) is 46.3 Å². The zero-order valence-electron chi connectivity index (χ0n) is 40.2. The Bertz CT molecular complexity index is 2730. The normalized spacial score (nSPS) is 11.9. The van der Waals surface area contributed by atoms with E-state index < -0.39 is 11.9 Å². The molecular formula is C56H57Cl2N5O7. The first-order chi connectivity index (χ1) is 33.6. The van der Waals surface area contributed by atoms with Crippen LogP contribution in [0.1, 0.15) is 89.8 Å². The van der Waals surface area contributed by atoms with Crippen LogP contribution in [0.4, 0.5) is 0 Å². The number of aliphatic carboxylic acids is 1. The Morgan fingerprint density at radius 3 is 1.57 bits per heavy atom. The second kappa shape index (κ2) is 24.5. The molecule has 14 heteroatoms. The van der Waals surface area contributed by atoms with Gasteiger partial charge in [0.1, 0.15) is 67.3 Å². The number of aliphatic hydroxyl groups excluding tert-OH is 1. The molecule has 2 unspecified atom stereocenters. The molecule has 6 aromatic rings. The maximum atomic E-state index is 12.0. The second-order valence-electron chi connectivity index (χ2n) is 17.8. The molecule has 0 radical (unpaired) electrons. The third kappa shape index (κ3) is 13.6. The molecule has 0 bridgehead atoms. The lowest BCUT2D eigenvalue weighted by Gasteiger charge is -2.23. The number of carbonyl (C=O) groups is 1. The highest BCUT2D eigenvalue weighted by atomic mass is 35.5. The molecule has 12 nitrogen and oxygen atoms in total. The quantitative estimate of drug-likeness (QED) is 0.0518. The first-order valence-corrected chi connectivity index (χ1v) is 23.7. The molecule has 0 fully saturated rings. The minimum Gasteiger partial charge on any atom is -0.511 e. The van der Waals surface area contributed by atoms with Crippen LogP contribution in [0, 0.1) is 54.3 Å². The van der Waals surface area contributed by atoms with Crippen molar-refractivity contribution in [3.05, 3.63) is 176 Å². The number of nitrogens with one attached hydrogen (secondary N) is 1. The van der Waals surface area contributed by atoms with Crippen molar-refractivity contribution < 1.29 is 34.0 Å². The van der Waals surface area contributed by atoms with Gasteiger partial charge in [0.15, 0.2) is 0 Å². The molecule has 4 aromatic carbocycles. The van der Waals surface area contributed by atoms with Crippen molar-refractivity contribution in [1.29, 1.82) is 10.5 Å². The van der Waals surface area contributed by atoms with E-state index in [1.54, 1.807) is 48.8 Å². The Hall–Kier alpha value is -7.09. The molecule has 0 aliphatic heterocycles. The third-order valence-corrected chi connectivity index (χ3v) is 12.8. The van der Waals surface area contributed by atoms with Gasteiger partial charge in [-0.1, -0.05) is 93.9 Å². The predicted octanol–water partition coefficient (Wildman–Crippen LogP) is 12.6. The maximum Gasteiger partial charge on any atom is 0.306 e. The van der Waals surface area contributed by atoms with E-state index in [9.17, 15) is 25.5 Å². The smallest absolute Gasteiger partial charge is 0.306 e. The number of pyridine rings is 2. The van der Waals surface area contributed by atoms with Crippen LogP contribution in [0.15, 0.2) is 110 Å². The van der Waals surface area contributed by atoms with Crippen molar-refractivity contribution in [2.24, 2.45) is 17.8 Å².